The van der Waals surface area contributed by atoms with Crippen molar-refractivity contribution in [3.63, 3.8) is 0 Å². The molecule has 158 valence electrons. The summed E-state index contributed by atoms with van der Waals surface area (Å²) < 4.78 is 5.25. The third-order valence-electron chi connectivity index (χ3n) is 5.23. The zero-order valence-electron chi connectivity index (χ0n) is 18.0. The van der Waals surface area contributed by atoms with Gasteiger partial charge in [0.25, 0.3) is 5.91 Å². The molecule has 1 atom stereocenters. The number of aryl methyl sites for hydroxylation is 2. The molecule has 1 unspecified atom stereocenters. The van der Waals surface area contributed by atoms with Crippen LogP contribution in [0.5, 0.6) is 0 Å². The first-order valence-electron chi connectivity index (χ1n) is 10.1. The second-order valence-electron chi connectivity index (χ2n) is 7.60. The van der Waals surface area contributed by atoms with E-state index in [0.717, 1.165) is 34.1 Å². The Kier molecular flexibility index (Phi) is 7.71. The van der Waals surface area contributed by atoms with Crippen molar-refractivity contribution >= 4 is 17.7 Å². The average Bonchev–Trinajstić information content (AvgIpc) is 3.07. The summed E-state index contributed by atoms with van der Waals surface area (Å²) in [4.78, 5) is 16.1. The maximum Gasteiger partial charge on any atom is 0.252 e. The van der Waals surface area contributed by atoms with E-state index in [4.69, 9.17) is 4.52 Å². The molecule has 0 saturated carbocycles. The Morgan fingerprint density at radius 1 is 1.10 bits per heavy atom. The molecule has 0 radical (unpaired) electrons. The molecule has 6 heteroatoms. The molecule has 0 saturated heterocycles. The third kappa shape index (κ3) is 5.74. The van der Waals surface area contributed by atoms with Crippen LogP contribution in [0.1, 0.15) is 32.9 Å². The number of benzene rings is 2. The number of rotatable bonds is 9. The minimum Gasteiger partial charge on any atom is -0.361 e. The van der Waals surface area contributed by atoms with Crippen molar-refractivity contribution in [3.8, 4) is 0 Å². The molecule has 0 aliphatic heterocycles. The highest BCUT2D eigenvalue weighted by Crippen LogP contribution is 2.28. The minimum absolute atomic E-state index is 0.0447. The zero-order chi connectivity index (χ0) is 21.5. The maximum atomic E-state index is 13.0. The molecule has 0 aliphatic rings. The lowest BCUT2D eigenvalue weighted by molar-refractivity contribution is 0.0938. The van der Waals surface area contributed by atoms with Crippen molar-refractivity contribution in [1.82, 2.24) is 15.4 Å². The van der Waals surface area contributed by atoms with Crippen LogP contribution < -0.4 is 5.32 Å². The van der Waals surface area contributed by atoms with E-state index in [2.05, 4.69) is 27.5 Å². The second kappa shape index (κ2) is 10.5. The van der Waals surface area contributed by atoms with Gasteiger partial charge in [-0.3, -0.25) is 4.79 Å². The fourth-order valence-electron chi connectivity index (χ4n) is 3.27. The van der Waals surface area contributed by atoms with E-state index in [1.54, 1.807) is 11.8 Å². The SMILES string of the molecule is Cc1noc(C)c1CSc1ccccc1C(=O)NCC(Cc1ccccc1)N(C)C. The number of carbonyl (C=O) groups is 1. The van der Waals surface area contributed by atoms with Crippen LogP contribution in [0.3, 0.4) is 0 Å². The fourth-order valence-corrected chi connectivity index (χ4v) is 4.47. The van der Waals surface area contributed by atoms with Crippen LogP contribution in [0.15, 0.2) is 64.0 Å². The summed E-state index contributed by atoms with van der Waals surface area (Å²) in [5, 5.41) is 7.15. The molecule has 3 aromatic rings. The molecule has 1 amide bonds. The molecule has 1 aromatic heterocycles. The van der Waals surface area contributed by atoms with Gasteiger partial charge in [0, 0.05) is 28.8 Å². The van der Waals surface area contributed by atoms with Crippen LogP contribution in [0.25, 0.3) is 0 Å². The predicted molar refractivity (Wildman–Crippen MR) is 122 cm³/mol. The van der Waals surface area contributed by atoms with Gasteiger partial charge >= 0.3 is 0 Å². The van der Waals surface area contributed by atoms with Crippen molar-refractivity contribution in [2.75, 3.05) is 20.6 Å². The molecular formula is C24H29N3O2S. The second-order valence-corrected chi connectivity index (χ2v) is 8.62. The summed E-state index contributed by atoms with van der Waals surface area (Å²) >= 11 is 1.63. The van der Waals surface area contributed by atoms with Gasteiger partial charge in [-0.2, -0.15) is 0 Å². The van der Waals surface area contributed by atoms with Crippen molar-refractivity contribution in [2.45, 2.75) is 37.0 Å². The number of carbonyl (C=O) groups excluding carboxylic acids is 1. The summed E-state index contributed by atoms with van der Waals surface area (Å²) in [7, 11) is 4.10. The predicted octanol–water partition coefficient (Wildman–Crippen LogP) is 4.49. The van der Waals surface area contributed by atoms with E-state index < -0.39 is 0 Å². The Morgan fingerprint density at radius 2 is 1.80 bits per heavy atom. The summed E-state index contributed by atoms with van der Waals surface area (Å²) in [6.45, 7) is 4.45. The van der Waals surface area contributed by atoms with E-state index in [0.29, 0.717) is 12.1 Å². The Balaban J connectivity index is 1.64. The van der Waals surface area contributed by atoms with Crippen LogP contribution in [0.2, 0.25) is 0 Å². The summed E-state index contributed by atoms with van der Waals surface area (Å²) in [6.07, 6.45) is 0.885. The molecular weight excluding hydrogens is 394 g/mol. The Morgan fingerprint density at radius 3 is 2.47 bits per heavy atom. The van der Waals surface area contributed by atoms with E-state index in [-0.39, 0.29) is 11.9 Å². The molecule has 1 heterocycles. The maximum absolute atomic E-state index is 13.0. The van der Waals surface area contributed by atoms with Gasteiger partial charge in [0.1, 0.15) is 5.76 Å². The van der Waals surface area contributed by atoms with Crippen molar-refractivity contribution in [2.24, 2.45) is 0 Å². The van der Waals surface area contributed by atoms with E-state index >= 15 is 0 Å². The lowest BCUT2D eigenvalue weighted by Gasteiger charge is -2.25. The minimum atomic E-state index is -0.0447. The highest BCUT2D eigenvalue weighted by Gasteiger charge is 2.17. The number of nitrogens with one attached hydrogen (secondary N) is 1. The lowest BCUT2D eigenvalue weighted by Crippen LogP contribution is -2.41. The highest BCUT2D eigenvalue weighted by molar-refractivity contribution is 7.98. The first-order chi connectivity index (χ1) is 14.5. The summed E-state index contributed by atoms with van der Waals surface area (Å²) in [5.41, 5.74) is 3.95. The van der Waals surface area contributed by atoms with Gasteiger partial charge in [0.15, 0.2) is 0 Å². The Labute approximate surface area is 182 Å². The smallest absolute Gasteiger partial charge is 0.252 e. The molecule has 0 spiro atoms. The number of amides is 1. The largest absolute Gasteiger partial charge is 0.361 e. The third-order valence-corrected chi connectivity index (χ3v) is 6.33. The average molecular weight is 424 g/mol. The zero-order valence-corrected chi connectivity index (χ0v) is 18.8. The number of hydrogen-bond donors (Lipinski definition) is 1. The van der Waals surface area contributed by atoms with Crippen LogP contribution in [-0.2, 0) is 12.2 Å². The van der Waals surface area contributed by atoms with Crippen LogP contribution >= 0.6 is 11.8 Å². The molecule has 2 aromatic carbocycles. The topological polar surface area (TPSA) is 58.4 Å². The van der Waals surface area contributed by atoms with Crippen LogP contribution in [0, 0.1) is 13.8 Å². The Bertz CT molecular complexity index is 950. The number of aromatic nitrogens is 1. The number of likely N-dealkylation sites (N-methyl/N-ethyl adjacent to an activating group) is 1. The van der Waals surface area contributed by atoms with Gasteiger partial charge in [-0.15, -0.1) is 11.8 Å². The Hall–Kier alpha value is -2.57. The molecule has 5 nitrogen and oxygen atoms in total. The summed E-state index contributed by atoms with van der Waals surface area (Å²) in [6, 6.07) is 18.3. The molecule has 0 aliphatic carbocycles. The van der Waals surface area contributed by atoms with Gasteiger partial charge in [-0.05, 0) is 52.1 Å². The molecule has 0 bridgehead atoms. The summed E-state index contributed by atoms with van der Waals surface area (Å²) in [5.74, 6) is 1.51. The van der Waals surface area contributed by atoms with Crippen LogP contribution in [-0.4, -0.2) is 42.6 Å². The van der Waals surface area contributed by atoms with Crippen molar-refractivity contribution in [1.29, 1.82) is 0 Å². The molecule has 30 heavy (non-hydrogen) atoms. The number of hydrogen-bond acceptors (Lipinski definition) is 5. The number of thioether (sulfide) groups is 1. The van der Waals surface area contributed by atoms with Gasteiger partial charge in [-0.25, -0.2) is 0 Å². The molecule has 0 fully saturated rings. The van der Waals surface area contributed by atoms with E-state index in [9.17, 15) is 4.79 Å². The standard InChI is InChI=1S/C24H29N3O2S/c1-17-22(18(2)29-26-17)16-30-23-13-9-8-12-21(23)24(28)25-15-20(27(3)4)14-19-10-6-5-7-11-19/h5-13,20H,14-16H2,1-4H3,(H,25,28). The van der Waals surface area contributed by atoms with Gasteiger partial charge in [0.2, 0.25) is 0 Å². The monoisotopic (exact) mass is 423 g/mol. The van der Waals surface area contributed by atoms with Crippen molar-refractivity contribution < 1.29 is 9.32 Å². The highest BCUT2D eigenvalue weighted by atomic mass is 32.2. The van der Waals surface area contributed by atoms with Gasteiger partial charge in [0.05, 0.1) is 11.3 Å². The normalized spacial score (nSPS) is 12.2. The lowest BCUT2D eigenvalue weighted by atomic mass is 10.0. The number of nitrogens with zero attached hydrogens (tertiary/aromatic N) is 2. The molecule has 1 N–H and O–H groups in total. The fraction of sp³-hybridized carbons (Fsp3) is 0.333. The first kappa shape index (κ1) is 22.1. The van der Waals surface area contributed by atoms with E-state index in [1.807, 2.05) is 70.4 Å². The molecule has 3 rings (SSSR count). The van der Waals surface area contributed by atoms with Crippen LogP contribution in [0.4, 0.5) is 0 Å². The van der Waals surface area contributed by atoms with E-state index in [1.165, 1.54) is 5.56 Å². The van der Waals surface area contributed by atoms with Crippen molar-refractivity contribution in [3.05, 3.63) is 82.7 Å². The first-order valence-corrected chi connectivity index (χ1v) is 11.1. The van der Waals surface area contributed by atoms with Gasteiger partial charge < -0.3 is 14.7 Å². The van der Waals surface area contributed by atoms with Gasteiger partial charge in [-0.1, -0.05) is 47.6 Å². The quantitative estimate of drug-likeness (QED) is 0.514.